The Morgan fingerprint density at radius 2 is 2.04 bits per heavy atom. The fourth-order valence-corrected chi connectivity index (χ4v) is 3.61. The number of hydrogen-bond acceptors (Lipinski definition) is 6. The highest BCUT2D eigenvalue weighted by molar-refractivity contribution is 9.10. The Labute approximate surface area is 159 Å². The Balaban J connectivity index is 1.73. The highest BCUT2D eigenvalue weighted by atomic mass is 79.9. The summed E-state index contributed by atoms with van der Waals surface area (Å²) in [4.78, 5) is 16.8. The third kappa shape index (κ3) is 2.90. The van der Waals surface area contributed by atoms with Crippen molar-refractivity contribution in [1.82, 2.24) is 14.6 Å². The van der Waals surface area contributed by atoms with E-state index in [-0.39, 0.29) is 0 Å². The number of esters is 1. The highest BCUT2D eigenvalue weighted by Gasteiger charge is 2.26. The van der Waals surface area contributed by atoms with Crippen LogP contribution in [-0.2, 0) is 4.74 Å². The van der Waals surface area contributed by atoms with Gasteiger partial charge in [-0.1, -0.05) is 12.1 Å². The molecule has 1 aromatic carbocycles. The number of fused-ring (bicyclic) bond motifs is 1. The summed E-state index contributed by atoms with van der Waals surface area (Å²) in [6, 6.07) is 10.0. The molecule has 0 atom stereocenters. The fraction of sp³-hybridized carbons (Fsp3) is 0.278. The molecule has 0 bridgehead atoms. The van der Waals surface area contributed by atoms with Crippen LogP contribution >= 0.6 is 15.9 Å². The maximum atomic E-state index is 12.1. The van der Waals surface area contributed by atoms with E-state index in [9.17, 15) is 4.79 Å². The number of benzene rings is 1. The van der Waals surface area contributed by atoms with E-state index >= 15 is 0 Å². The zero-order valence-corrected chi connectivity index (χ0v) is 15.9. The van der Waals surface area contributed by atoms with Gasteiger partial charge in [-0.3, -0.25) is 10.0 Å². The second-order valence-electron chi connectivity index (χ2n) is 5.88. The first-order valence-electron chi connectivity index (χ1n) is 8.50. The molecule has 3 aromatic rings. The van der Waals surface area contributed by atoms with Gasteiger partial charge in [-0.05, 0) is 41.4 Å². The monoisotopic (exact) mass is 415 g/mol. The van der Waals surface area contributed by atoms with E-state index in [0.29, 0.717) is 17.8 Å². The van der Waals surface area contributed by atoms with Crippen LogP contribution in [0.2, 0.25) is 0 Å². The van der Waals surface area contributed by atoms with Crippen LogP contribution in [0.15, 0.2) is 47.2 Å². The van der Waals surface area contributed by atoms with E-state index in [0.717, 1.165) is 35.5 Å². The fourth-order valence-electron chi connectivity index (χ4n) is 3.12. The number of carbonyl (C=O) groups is 1. The lowest BCUT2D eigenvalue weighted by atomic mass is 10.3. The van der Waals surface area contributed by atoms with E-state index in [1.54, 1.807) is 11.4 Å². The topological polar surface area (TPSA) is 63.0 Å². The molecule has 3 heterocycles. The van der Waals surface area contributed by atoms with Gasteiger partial charge < -0.3 is 4.74 Å². The van der Waals surface area contributed by atoms with Gasteiger partial charge in [-0.2, -0.15) is 5.10 Å². The van der Waals surface area contributed by atoms with Gasteiger partial charge in [0, 0.05) is 29.8 Å². The first kappa shape index (κ1) is 16.8. The van der Waals surface area contributed by atoms with Crippen LogP contribution in [0, 0.1) is 0 Å². The number of halogens is 1. The number of hydrazine groups is 1. The second kappa shape index (κ2) is 6.95. The van der Waals surface area contributed by atoms with E-state index in [1.165, 1.54) is 6.20 Å². The van der Waals surface area contributed by atoms with Gasteiger partial charge in [0.1, 0.15) is 5.56 Å². The molecule has 0 amide bonds. The maximum Gasteiger partial charge on any atom is 0.343 e. The molecule has 0 radical (unpaired) electrons. The molecule has 134 valence electrons. The first-order valence-corrected chi connectivity index (χ1v) is 9.29. The molecule has 4 rings (SSSR count). The molecule has 0 unspecified atom stereocenters. The smallest absolute Gasteiger partial charge is 0.343 e. The molecule has 7 nitrogen and oxygen atoms in total. The van der Waals surface area contributed by atoms with Crippen molar-refractivity contribution in [3.63, 3.8) is 0 Å². The van der Waals surface area contributed by atoms with Gasteiger partial charge >= 0.3 is 5.97 Å². The van der Waals surface area contributed by atoms with Crippen LogP contribution in [0.5, 0.6) is 0 Å². The van der Waals surface area contributed by atoms with Gasteiger partial charge in [0.15, 0.2) is 11.5 Å². The van der Waals surface area contributed by atoms with Gasteiger partial charge in [0.05, 0.1) is 18.5 Å². The van der Waals surface area contributed by atoms with E-state index < -0.39 is 5.97 Å². The molecule has 26 heavy (non-hydrogen) atoms. The largest absolute Gasteiger partial charge is 0.462 e. The predicted octanol–water partition coefficient (Wildman–Crippen LogP) is 3.30. The van der Waals surface area contributed by atoms with Crippen LogP contribution in [0.1, 0.15) is 23.7 Å². The molecule has 2 aromatic heterocycles. The average molecular weight is 416 g/mol. The Hall–Kier alpha value is -2.61. The lowest BCUT2D eigenvalue weighted by Gasteiger charge is -2.31. The zero-order chi connectivity index (χ0) is 18.1. The van der Waals surface area contributed by atoms with Crippen molar-refractivity contribution in [3.8, 4) is 0 Å². The highest BCUT2D eigenvalue weighted by Crippen LogP contribution is 2.32. The van der Waals surface area contributed by atoms with E-state index in [2.05, 4.69) is 37.1 Å². The standard InChI is InChI=1S/C18H18BrN5O2/c1-2-26-18(25)13-12-20-22-11-8-16(21-17(13)22)24-10-5-9-23(24)15-7-4-3-6-14(15)19/h3-4,6-8,11-12H,2,5,9-10H2,1H3. The summed E-state index contributed by atoms with van der Waals surface area (Å²) in [5, 5.41) is 8.52. The molecule has 0 aliphatic carbocycles. The Bertz CT molecular complexity index is 958. The molecule has 0 spiro atoms. The Morgan fingerprint density at radius 3 is 2.85 bits per heavy atom. The van der Waals surface area contributed by atoms with Crippen molar-refractivity contribution in [2.45, 2.75) is 13.3 Å². The maximum absolute atomic E-state index is 12.1. The van der Waals surface area contributed by atoms with Gasteiger partial charge in [0.2, 0.25) is 0 Å². The van der Waals surface area contributed by atoms with Crippen LogP contribution < -0.4 is 10.0 Å². The van der Waals surface area contributed by atoms with Crippen LogP contribution in [0.3, 0.4) is 0 Å². The summed E-state index contributed by atoms with van der Waals surface area (Å²) >= 11 is 3.62. The minimum atomic E-state index is -0.406. The number of anilines is 2. The molecule has 8 heteroatoms. The lowest BCUT2D eigenvalue weighted by Crippen LogP contribution is -2.37. The van der Waals surface area contributed by atoms with Gasteiger partial charge in [-0.25, -0.2) is 14.3 Å². The van der Waals surface area contributed by atoms with E-state index in [4.69, 9.17) is 9.72 Å². The molecular formula is C18H18BrN5O2. The molecule has 1 aliphatic heterocycles. The third-order valence-corrected chi connectivity index (χ3v) is 4.95. The summed E-state index contributed by atoms with van der Waals surface area (Å²) in [7, 11) is 0. The number of aromatic nitrogens is 3. The van der Waals surface area contributed by atoms with Crippen molar-refractivity contribution in [2.24, 2.45) is 0 Å². The van der Waals surface area contributed by atoms with Crippen molar-refractivity contribution in [3.05, 3.63) is 52.8 Å². The summed E-state index contributed by atoms with van der Waals surface area (Å²) < 4.78 is 7.73. The second-order valence-corrected chi connectivity index (χ2v) is 6.74. The quantitative estimate of drug-likeness (QED) is 0.609. The first-order chi connectivity index (χ1) is 12.7. The van der Waals surface area contributed by atoms with Crippen molar-refractivity contribution < 1.29 is 9.53 Å². The number of para-hydroxylation sites is 1. The number of hydrogen-bond donors (Lipinski definition) is 0. The van der Waals surface area contributed by atoms with E-state index in [1.807, 2.05) is 30.5 Å². The zero-order valence-electron chi connectivity index (χ0n) is 14.3. The normalized spacial score (nSPS) is 14.2. The molecule has 1 saturated heterocycles. The van der Waals surface area contributed by atoms with Crippen molar-refractivity contribution in [1.29, 1.82) is 0 Å². The molecular weight excluding hydrogens is 398 g/mol. The summed E-state index contributed by atoms with van der Waals surface area (Å²) in [6.45, 7) is 3.85. The number of rotatable bonds is 4. The van der Waals surface area contributed by atoms with Gasteiger partial charge in [0.25, 0.3) is 0 Å². The number of nitrogens with zero attached hydrogens (tertiary/aromatic N) is 5. The summed E-state index contributed by atoms with van der Waals surface area (Å²) in [5.74, 6) is 0.369. The Morgan fingerprint density at radius 1 is 1.23 bits per heavy atom. The summed E-state index contributed by atoms with van der Waals surface area (Å²) in [5.41, 5.74) is 1.96. The summed E-state index contributed by atoms with van der Waals surface area (Å²) in [6.07, 6.45) is 4.34. The van der Waals surface area contributed by atoms with Crippen molar-refractivity contribution in [2.75, 3.05) is 29.7 Å². The molecule has 0 N–H and O–H groups in total. The Kier molecular flexibility index (Phi) is 4.50. The minimum Gasteiger partial charge on any atom is -0.462 e. The number of carbonyl (C=O) groups excluding carboxylic acids is 1. The van der Waals surface area contributed by atoms with Crippen LogP contribution in [0.25, 0.3) is 5.65 Å². The van der Waals surface area contributed by atoms with Crippen molar-refractivity contribution >= 4 is 39.1 Å². The lowest BCUT2D eigenvalue weighted by molar-refractivity contribution is 0.0528. The predicted molar refractivity (Wildman–Crippen MR) is 102 cm³/mol. The van der Waals surface area contributed by atoms with Gasteiger partial charge in [-0.15, -0.1) is 0 Å². The average Bonchev–Trinajstić information content (AvgIpc) is 3.28. The molecule has 1 fully saturated rings. The SMILES string of the molecule is CCOC(=O)c1cnn2ccc(N3CCCN3c3ccccc3Br)nc12. The number of ether oxygens (including phenoxy) is 1. The third-order valence-electron chi connectivity index (χ3n) is 4.28. The van der Waals surface area contributed by atoms with Crippen LogP contribution in [-0.4, -0.2) is 40.3 Å². The molecule has 1 aliphatic rings. The molecule has 0 saturated carbocycles. The minimum absolute atomic E-state index is 0.317. The van der Waals surface area contributed by atoms with Crippen LogP contribution in [0.4, 0.5) is 11.5 Å².